The highest BCUT2D eigenvalue weighted by Gasteiger charge is 2.69. The summed E-state index contributed by atoms with van der Waals surface area (Å²) in [5.41, 5.74) is -1.30. The summed E-state index contributed by atoms with van der Waals surface area (Å²) in [6, 6.07) is 0. The summed E-state index contributed by atoms with van der Waals surface area (Å²) in [6.07, 6.45) is 5.05. The second-order valence-corrected chi connectivity index (χ2v) is 16.2. The summed E-state index contributed by atoms with van der Waals surface area (Å²) in [7, 11) is 0. The number of ketones is 2. The first-order valence-corrected chi connectivity index (χ1v) is 15.6. The Morgan fingerprint density at radius 3 is 2.30 bits per heavy atom. The average Bonchev–Trinajstić information content (AvgIpc) is 2.82. The molecule has 0 aliphatic heterocycles. The maximum absolute atomic E-state index is 14.4. The molecule has 0 spiro atoms. The Morgan fingerprint density at radius 1 is 1.02 bits per heavy atom. The summed E-state index contributed by atoms with van der Waals surface area (Å²) >= 11 is 0.752. The van der Waals surface area contributed by atoms with Crippen LogP contribution in [0.5, 0.6) is 0 Å². The fourth-order valence-corrected chi connectivity index (χ4v) is 10.9. The number of nitrogens with zero attached hydrogens (tertiary/aromatic N) is 1. The van der Waals surface area contributed by atoms with Gasteiger partial charge in [-0.1, -0.05) is 72.1 Å². The first-order chi connectivity index (χ1) is 18.3. The van der Waals surface area contributed by atoms with Crippen LogP contribution in [0.15, 0.2) is 23.4 Å². The van der Waals surface area contributed by atoms with Gasteiger partial charge in [-0.15, -0.1) is 0 Å². The third-order valence-electron chi connectivity index (χ3n) is 12.4. The van der Waals surface area contributed by atoms with Crippen LogP contribution in [-0.2, 0) is 9.59 Å². The number of fused-ring (bicyclic) bond motifs is 7. The molecular formula is C32H43F3N2O2S. The predicted molar refractivity (Wildman–Crippen MR) is 152 cm³/mol. The molecule has 0 bridgehead atoms. The molecule has 5 aliphatic rings. The van der Waals surface area contributed by atoms with E-state index in [0.717, 1.165) is 62.5 Å². The van der Waals surface area contributed by atoms with Crippen molar-refractivity contribution in [1.29, 1.82) is 0 Å². The molecule has 0 aromatic rings. The topological polar surface area (TPSA) is 50.5 Å². The van der Waals surface area contributed by atoms with E-state index < -0.39 is 28.3 Å². The van der Waals surface area contributed by atoms with Gasteiger partial charge in [0.15, 0.2) is 11.6 Å². The van der Waals surface area contributed by atoms with Crippen molar-refractivity contribution in [1.82, 2.24) is 4.72 Å². The molecule has 0 saturated heterocycles. The summed E-state index contributed by atoms with van der Waals surface area (Å²) in [5, 5.41) is 0. The largest absolute Gasteiger partial charge is 0.399 e. The summed E-state index contributed by atoms with van der Waals surface area (Å²) < 4.78 is 42.7. The van der Waals surface area contributed by atoms with Crippen molar-refractivity contribution in [2.45, 2.75) is 105 Å². The van der Waals surface area contributed by atoms with Crippen molar-refractivity contribution in [3.63, 3.8) is 0 Å². The minimum absolute atomic E-state index is 0.00136. The second-order valence-electron chi connectivity index (χ2n) is 15.4. The minimum atomic E-state index is -4.26. The van der Waals surface area contributed by atoms with Gasteiger partial charge in [0.05, 0.1) is 6.57 Å². The van der Waals surface area contributed by atoms with E-state index in [1.54, 1.807) is 0 Å². The van der Waals surface area contributed by atoms with Crippen molar-refractivity contribution < 1.29 is 22.8 Å². The van der Waals surface area contributed by atoms with Gasteiger partial charge in [0, 0.05) is 22.3 Å². The van der Waals surface area contributed by atoms with Gasteiger partial charge in [-0.05, 0) is 79.1 Å². The molecule has 5 aliphatic carbocycles. The molecule has 2 unspecified atom stereocenters. The molecule has 40 heavy (non-hydrogen) atoms. The number of carbonyl (C=O) groups excluding carboxylic acids is 2. The van der Waals surface area contributed by atoms with E-state index in [-0.39, 0.29) is 51.3 Å². The van der Waals surface area contributed by atoms with E-state index in [2.05, 4.69) is 44.2 Å². The molecule has 0 aromatic heterocycles. The number of nitrogens with one attached hydrogen (secondary N) is 1. The van der Waals surface area contributed by atoms with Crippen LogP contribution in [0.2, 0.25) is 0 Å². The molecule has 220 valence electrons. The molecule has 3 fully saturated rings. The Hall–Kier alpha value is -1.59. The second kappa shape index (κ2) is 8.96. The van der Waals surface area contributed by atoms with E-state index in [1.807, 2.05) is 26.0 Å². The molecule has 0 aromatic carbocycles. The normalized spacial score (nSPS) is 43.8. The van der Waals surface area contributed by atoms with Gasteiger partial charge in [0.1, 0.15) is 5.75 Å². The average molecular weight is 577 g/mol. The van der Waals surface area contributed by atoms with Gasteiger partial charge in [-0.2, -0.15) is 13.2 Å². The number of hydrogen-bond donors (Lipinski definition) is 1. The quantitative estimate of drug-likeness (QED) is 0.272. The van der Waals surface area contributed by atoms with Gasteiger partial charge < -0.3 is 4.79 Å². The van der Waals surface area contributed by atoms with Crippen molar-refractivity contribution in [2.75, 3.05) is 5.75 Å². The fourth-order valence-electron chi connectivity index (χ4n) is 10.0. The predicted octanol–water partition coefficient (Wildman–Crippen LogP) is 8.11. The third-order valence-corrected chi connectivity index (χ3v) is 13.4. The van der Waals surface area contributed by atoms with Crippen molar-refractivity contribution in [2.24, 2.45) is 44.8 Å². The zero-order valence-electron chi connectivity index (χ0n) is 24.8. The van der Waals surface area contributed by atoms with E-state index in [0.29, 0.717) is 0 Å². The highest BCUT2D eigenvalue weighted by atomic mass is 32.2. The highest BCUT2D eigenvalue weighted by molar-refractivity contribution is 7.97. The summed E-state index contributed by atoms with van der Waals surface area (Å²) in [4.78, 5) is 31.3. The smallest absolute Gasteiger partial charge is 0.307 e. The molecule has 3 saturated carbocycles. The Balaban J connectivity index is 1.62. The van der Waals surface area contributed by atoms with Crippen LogP contribution in [0.1, 0.15) is 93.4 Å². The van der Waals surface area contributed by atoms with E-state index in [9.17, 15) is 22.8 Å². The standard InChI is InChI=1S/C32H43F3N2O2S/c1-26(2)11-13-31(37-40-18-32(33,34)35)14-12-30(7)24(19(31)16-26)21(38)15-23-28(5)17-20(36-8)25(39)27(3,4)22(28)9-10-29(23,30)6/h15,17,19,22,24,37H,9-14,16,18H2,1-7H3/t19?,22-,24?,28-,29+,30+,31-/m0/s1. The third kappa shape index (κ3) is 4.11. The maximum atomic E-state index is 14.4. The number of hydrogen-bond acceptors (Lipinski definition) is 4. The number of rotatable bonds is 3. The lowest BCUT2D eigenvalue weighted by Crippen LogP contribution is -2.68. The zero-order chi connectivity index (χ0) is 29.7. The first-order valence-electron chi connectivity index (χ1n) is 14.6. The van der Waals surface area contributed by atoms with E-state index in [4.69, 9.17) is 6.57 Å². The highest BCUT2D eigenvalue weighted by Crippen LogP contribution is 2.73. The fraction of sp³-hybridized carbons (Fsp3) is 0.781. The SMILES string of the molecule is [C-]#[N+]C1=C[C@]2(C)C3=CC(=O)C4C5CC(C)(C)CC[C@]5(NSCC(F)(F)F)CC[C@@]4(C)[C@]3(C)CC[C@H]2C(C)(C)C1=O. The molecule has 7 atom stereocenters. The van der Waals surface area contributed by atoms with Crippen LogP contribution in [0.25, 0.3) is 4.85 Å². The number of Topliss-reactive ketones (excluding diaryl/α,β-unsaturated/α-hetero) is 1. The van der Waals surface area contributed by atoms with Crippen LogP contribution < -0.4 is 4.72 Å². The van der Waals surface area contributed by atoms with Crippen LogP contribution in [0, 0.1) is 51.4 Å². The lowest BCUT2D eigenvalue weighted by molar-refractivity contribution is -0.159. The van der Waals surface area contributed by atoms with Gasteiger partial charge in [-0.25, -0.2) is 4.85 Å². The van der Waals surface area contributed by atoms with E-state index in [1.165, 1.54) is 0 Å². The molecule has 5 rings (SSSR count). The van der Waals surface area contributed by atoms with Gasteiger partial charge >= 0.3 is 6.18 Å². The number of halogens is 3. The van der Waals surface area contributed by atoms with Crippen molar-refractivity contribution in [3.05, 3.63) is 34.8 Å². The molecular weight excluding hydrogens is 533 g/mol. The summed E-state index contributed by atoms with van der Waals surface area (Å²) in [6.45, 7) is 22.7. The molecule has 0 radical (unpaired) electrons. The van der Waals surface area contributed by atoms with Gasteiger partial charge in [0.2, 0.25) is 5.70 Å². The Bertz CT molecular complexity index is 1250. The lowest BCUT2D eigenvalue weighted by Gasteiger charge is -2.69. The van der Waals surface area contributed by atoms with Crippen LogP contribution in [0.3, 0.4) is 0 Å². The molecule has 0 amide bonds. The number of alkyl halides is 3. The first kappa shape index (κ1) is 29.9. The van der Waals surface area contributed by atoms with Crippen LogP contribution in [0.4, 0.5) is 13.2 Å². The Labute approximate surface area is 241 Å². The number of carbonyl (C=O) groups is 2. The van der Waals surface area contributed by atoms with Crippen LogP contribution in [-0.4, -0.2) is 29.0 Å². The number of allylic oxidation sites excluding steroid dienone is 4. The monoisotopic (exact) mass is 576 g/mol. The van der Waals surface area contributed by atoms with Gasteiger partial charge in [-0.3, -0.25) is 9.52 Å². The molecule has 4 nitrogen and oxygen atoms in total. The minimum Gasteiger partial charge on any atom is -0.307 e. The molecule has 0 heterocycles. The zero-order valence-corrected chi connectivity index (χ0v) is 25.7. The Kier molecular flexibility index (Phi) is 6.69. The van der Waals surface area contributed by atoms with Crippen molar-refractivity contribution >= 4 is 23.5 Å². The van der Waals surface area contributed by atoms with Gasteiger partial charge in [0.25, 0.3) is 0 Å². The maximum Gasteiger partial charge on any atom is 0.399 e. The summed E-state index contributed by atoms with van der Waals surface area (Å²) in [5.74, 6) is -1.37. The lowest BCUT2D eigenvalue weighted by atomic mass is 9.35. The van der Waals surface area contributed by atoms with E-state index >= 15 is 0 Å². The molecule has 8 heteroatoms. The Morgan fingerprint density at radius 2 is 1.68 bits per heavy atom. The van der Waals surface area contributed by atoms with Crippen LogP contribution >= 0.6 is 11.9 Å². The van der Waals surface area contributed by atoms with Crippen molar-refractivity contribution in [3.8, 4) is 0 Å². The molecule has 1 N–H and O–H groups in total.